The monoisotopic (exact) mass is 248 g/mol. The van der Waals surface area contributed by atoms with E-state index in [9.17, 15) is 13.2 Å². The molecule has 1 rings (SSSR count). The SMILES string of the molecule is CC(N)CCNC(=O)CC1CCS(=O)(=O)C1. The number of amides is 1. The first-order valence-corrected chi connectivity index (χ1v) is 7.44. The van der Waals surface area contributed by atoms with E-state index in [1.54, 1.807) is 0 Å². The Labute approximate surface area is 96.7 Å². The van der Waals surface area contributed by atoms with Crippen LogP contribution < -0.4 is 11.1 Å². The summed E-state index contributed by atoms with van der Waals surface area (Å²) in [6.07, 6.45) is 1.68. The molecule has 0 aromatic rings. The van der Waals surface area contributed by atoms with Gasteiger partial charge in [-0.05, 0) is 25.7 Å². The minimum absolute atomic E-state index is 0.000278. The number of nitrogens with one attached hydrogen (secondary N) is 1. The number of carbonyl (C=O) groups is 1. The van der Waals surface area contributed by atoms with E-state index in [0.29, 0.717) is 19.4 Å². The van der Waals surface area contributed by atoms with Gasteiger partial charge in [0.25, 0.3) is 0 Å². The van der Waals surface area contributed by atoms with Crippen molar-refractivity contribution in [2.75, 3.05) is 18.1 Å². The summed E-state index contributed by atoms with van der Waals surface area (Å²) < 4.78 is 22.4. The highest BCUT2D eigenvalue weighted by Gasteiger charge is 2.29. The minimum Gasteiger partial charge on any atom is -0.356 e. The van der Waals surface area contributed by atoms with E-state index in [-0.39, 0.29) is 29.4 Å². The van der Waals surface area contributed by atoms with Gasteiger partial charge in [-0.15, -0.1) is 0 Å². The molecule has 6 heteroatoms. The van der Waals surface area contributed by atoms with Gasteiger partial charge in [0.15, 0.2) is 9.84 Å². The second-order valence-corrected chi connectivity index (χ2v) is 6.82. The molecule has 16 heavy (non-hydrogen) atoms. The van der Waals surface area contributed by atoms with Crippen molar-refractivity contribution in [2.24, 2.45) is 11.7 Å². The Hall–Kier alpha value is -0.620. The second kappa shape index (κ2) is 5.63. The zero-order valence-electron chi connectivity index (χ0n) is 9.61. The molecule has 1 aliphatic heterocycles. The molecule has 1 saturated heterocycles. The maximum Gasteiger partial charge on any atom is 0.220 e. The molecule has 0 aromatic carbocycles. The van der Waals surface area contributed by atoms with E-state index in [1.807, 2.05) is 6.92 Å². The fourth-order valence-corrected chi connectivity index (χ4v) is 3.67. The van der Waals surface area contributed by atoms with Crippen LogP contribution in [0.2, 0.25) is 0 Å². The highest BCUT2D eigenvalue weighted by Crippen LogP contribution is 2.21. The predicted octanol–water partition coefficient (Wildman–Crippen LogP) is -0.335. The van der Waals surface area contributed by atoms with Crippen LogP contribution in [-0.2, 0) is 14.6 Å². The molecule has 0 bridgehead atoms. The van der Waals surface area contributed by atoms with Crippen molar-refractivity contribution in [1.82, 2.24) is 5.32 Å². The molecule has 0 aliphatic carbocycles. The van der Waals surface area contributed by atoms with Crippen LogP contribution in [-0.4, -0.2) is 38.4 Å². The van der Waals surface area contributed by atoms with Crippen LogP contribution in [0.4, 0.5) is 0 Å². The molecule has 1 aliphatic rings. The first-order valence-electron chi connectivity index (χ1n) is 5.62. The van der Waals surface area contributed by atoms with Gasteiger partial charge in [0.2, 0.25) is 5.91 Å². The molecule has 3 N–H and O–H groups in total. The third-order valence-corrected chi connectivity index (χ3v) is 4.56. The molecule has 0 aromatic heterocycles. The Kier molecular flexibility index (Phi) is 4.73. The van der Waals surface area contributed by atoms with Gasteiger partial charge < -0.3 is 11.1 Å². The van der Waals surface area contributed by atoms with Crippen LogP contribution in [0.5, 0.6) is 0 Å². The first kappa shape index (κ1) is 13.4. The molecule has 94 valence electrons. The van der Waals surface area contributed by atoms with Gasteiger partial charge >= 0.3 is 0 Å². The lowest BCUT2D eigenvalue weighted by molar-refractivity contribution is -0.121. The van der Waals surface area contributed by atoms with Gasteiger partial charge in [-0.2, -0.15) is 0 Å². The van der Waals surface area contributed by atoms with Gasteiger partial charge in [-0.3, -0.25) is 4.79 Å². The van der Waals surface area contributed by atoms with Crippen LogP contribution in [0, 0.1) is 5.92 Å². The van der Waals surface area contributed by atoms with Gasteiger partial charge in [0.05, 0.1) is 11.5 Å². The Morgan fingerprint density at radius 1 is 1.56 bits per heavy atom. The van der Waals surface area contributed by atoms with Crippen LogP contribution >= 0.6 is 0 Å². The number of carbonyl (C=O) groups excluding carboxylic acids is 1. The van der Waals surface area contributed by atoms with Gasteiger partial charge in [0, 0.05) is 19.0 Å². The Morgan fingerprint density at radius 2 is 2.25 bits per heavy atom. The van der Waals surface area contributed by atoms with Crippen molar-refractivity contribution in [1.29, 1.82) is 0 Å². The lowest BCUT2D eigenvalue weighted by atomic mass is 10.1. The number of rotatable bonds is 5. The highest BCUT2D eigenvalue weighted by atomic mass is 32.2. The predicted molar refractivity (Wildman–Crippen MR) is 62.7 cm³/mol. The summed E-state index contributed by atoms with van der Waals surface area (Å²) in [7, 11) is -2.88. The van der Waals surface area contributed by atoms with E-state index in [4.69, 9.17) is 5.73 Å². The molecule has 0 spiro atoms. The maximum atomic E-state index is 11.4. The number of hydrogen-bond donors (Lipinski definition) is 2. The Morgan fingerprint density at radius 3 is 2.75 bits per heavy atom. The van der Waals surface area contributed by atoms with E-state index in [1.165, 1.54) is 0 Å². The lowest BCUT2D eigenvalue weighted by Crippen LogP contribution is -2.30. The molecule has 5 nitrogen and oxygen atoms in total. The van der Waals surface area contributed by atoms with Crippen molar-refractivity contribution in [3.05, 3.63) is 0 Å². The highest BCUT2D eigenvalue weighted by molar-refractivity contribution is 7.91. The minimum atomic E-state index is -2.88. The van der Waals surface area contributed by atoms with Crippen molar-refractivity contribution >= 4 is 15.7 Å². The van der Waals surface area contributed by atoms with Crippen LogP contribution in [0.15, 0.2) is 0 Å². The van der Waals surface area contributed by atoms with Crippen molar-refractivity contribution in [3.63, 3.8) is 0 Å². The molecule has 1 amide bonds. The molecule has 1 fully saturated rings. The van der Waals surface area contributed by atoms with Crippen LogP contribution in [0.1, 0.15) is 26.2 Å². The zero-order chi connectivity index (χ0) is 12.2. The summed E-state index contributed by atoms with van der Waals surface area (Å²) in [6, 6.07) is 0.0761. The van der Waals surface area contributed by atoms with E-state index < -0.39 is 9.84 Å². The molecule has 0 saturated carbocycles. The van der Waals surface area contributed by atoms with E-state index in [2.05, 4.69) is 5.32 Å². The Bertz CT molecular complexity index is 338. The smallest absolute Gasteiger partial charge is 0.220 e. The first-order chi connectivity index (χ1) is 7.39. The largest absolute Gasteiger partial charge is 0.356 e. The number of nitrogens with two attached hydrogens (primary N) is 1. The summed E-state index contributed by atoms with van der Waals surface area (Å²) in [5.41, 5.74) is 5.55. The third kappa shape index (κ3) is 4.94. The fourth-order valence-electron chi connectivity index (χ4n) is 1.81. The van der Waals surface area contributed by atoms with Gasteiger partial charge in [-0.1, -0.05) is 0 Å². The topological polar surface area (TPSA) is 89.3 Å². The molecule has 2 unspecified atom stereocenters. The Balaban J connectivity index is 2.20. The van der Waals surface area contributed by atoms with E-state index >= 15 is 0 Å². The third-order valence-electron chi connectivity index (χ3n) is 2.72. The summed E-state index contributed by atoms with van der Waals surface area (Å²) in [4.78, 5) is 11.4. The molecule has 2 atom stereocenters. The molecular formula is C10H20N2O3S. The summed E-state index contributed by atoms with van der Waals surface area (Å²) >= 11 is 0. The molecule has 0 radical (unpaired) electrons. The van der Waals surface area contributed by atoms with E-state index in [0.717, 1.165) is 6.42 Å². The quantitative estimate of drug-likeness (QED) is 0.697. The maximum absolute atomic E-state index is 11.4. The molecule has 1 heterocycles. The van der Waals surface area contributed by atoms with Crippen molar-refractivity contribution in [3.8, 4) is 0 Å². The van der Waals surface area contributed by atoms with Crippen molar-refractivity contribution < 1.29 is 13.2 Å². The number of sulfone groups is 1. The summed E-state index contributed by atoms with van der Waals surface area (Å²) in [6.45, 7) is 2.45. The van der Waals surface area contributed by atoms with Crippen LogP contribution in [0.25, 0.3) is 0 Å². The molecular weight excluding hydrogens is 228 g/mol. The van der Waals surface area contributed by atoms with Crippen LogP contribution in [0.3, 0.4) is 0 Å². The summed E-state index contributed by atoms with van der Waals surface area (Å²) in [5, 5.41) is 2.75. The number of hydrogen-bond acceptors (Lipinski definition) is 4. The lowest BCUT2D eigenvalue weighted by Gasteiger charge is -2.09. The average Bonchev–Trinajstić information content (AvgIpc) is 2.44. The summed E-state index contributed by atoms with van der Waals surface area (Å²) in [5.74, 6) is 0.321. The normalized spacial score (nSPS) is 25.2. The standard InChI is InChI=1S/C10H20N2O3S/c1-8(11)2-4-12-10(13)6-9-3-5-16(14,15)7-9/h8-9H,2-7,11H2,1H3,(H,12,13). The second-order valence-electron chi connectivity index (χ2n) is 4.59. The van der Waals surface area contributed by atoms with Gasteiger partial charge in [0.1, 0.15) is 0 Å². The fraction of sp³-hybridized carbons (Fsp3) is 0.900. The zero-order valence-corrected chi connectivity index (χ0v) is 10.4. The van der Waals surface area contributed by atoms with Gasteiger partial charge in [-0.25, -0.2) is 8.42 Å². The van der Waals surface area contributed by atoms with Crippen molar-refractivity contribution in [2.45, 2.75) is 32.2 Å². The average molecular weight is 248 g/mol.